The largest absolute Gasteiger partial charge is 0.497 e. The fourth-order valence-corrected chi connectivity index (χ4v) is 3.79. The van der Waals surface area contributed by atoms with Gasteiger partial charge < -0.3 is 4.74 Å². The van der Waals surface area contributed by atoms with Crippen molar-refractivity contribution in [3.63, 3.8) is 0 Å². The summed E-state index contributed by atoms with van der Waals surface area (Å²) in [4.78, 5) is 19.8. The van der Waals surface area contributed by atoms with E-state index in [4.69, 9.17) is 9.73 Å². The van der Waals surface area contributed by atoms with Crippen LogP contribution in [0.5, 0.6) is 5.75 Å². The summed E-state index contributed by atoms with van der Waals surface area (Å²) in [6.45, 7) is 0. The lowest BCUT2D eigenvalue weighted by Crippen LogP contribution is -2.37. The second-order valence-corrected chi connectivity index (χ2v) is 6.39. The van der Waals surface area contributed by atoms with Crippen LogP contribution in [0.2, 0.25) is 0 Å². The molecule has 4 nitrogen and oxygen atoms in total. The Balaban J connectivity index is 1.77. The standard InChI is InChI=1S/C22H16N2O2/c1-26-15-8-6-7-14(13-15)20-18-11-4-5-12-19(18)23-21-16-9-2-3-10-17(16)22(25)24(20)21/h2-13,20H,1H3. The number of aliphatic imine (C=N–C) groups is 1. The minimum Gasteiger partial charge on any atom is -0.497 e. The molecule has 126 valence electrons. The number of carbonyl (C=O) groups excluding carboxylic acids is 1. The lowest BCUT2D eigenvalue weighted by Gasteiger charge is -2.33. The summed E-state index contributed by atoms with van der Waals surface area (Å²) in [6.07, 6.45) is 0. The number of amides is 1. The zero-order valence-corrected chi connectivity index (χ0v) is 14.2. The van der Waals surface area contributed by atoms with Crippen molar-refractivity contribution in [3.05, 3.63) is 95.1 Å². The molecule has 3 aromatic carbocycles. The van der Waals surface area contributed by atoms with E-state index in [-0.39, 0.29) is 11.9 Å². The van der Waals surface area contributed by atoms with Gasteiger partial charge in [0, 0.05) is 11.1 Å². The molecule has 1 amide bonds. The van der Waals surface area contributed by atoms with E-state index in [2.05, 4.69) is 0 Å². The Labute approximate surface area is 151 Å². The second kappa shape index (κ2) is 5.56. The average molecular weight is 340 g/mol. The number of carbonyl (C=O) groups is 1. The third-order valence-corrected chi connectivity index (χ3v) is 4.97. The van der Waals surface area contributed by atoms with Crippen molar-refractivity contribution in [3.8, 4) is 5.75 Å². The Bertz CT molecular complexity index is 1070. The van der Waals surface area contributed by atoms with Crippen LogP contribution in [0.25, 0.3) is 0 Å². The Hall–Kier alpha value is -3.40. The van der Waals surface area contributed by atoms with Crippen molar-refractivity contribution in [1.82, 2.24) is 4.90 Å². The third kappa shape index (κ3) is 2.02. The normalized spacial score (nSPS) is 17.3. The Morgan fingerprint density at radius 2 is 1.69 bits per heavy atom. The average Bonchev–Trinajstić information content (AvgIpc) is 2.98. The summed E-state index contributed by atoms with van der Waals surface area (Å²) in [5.74, 6) is 1.48. The molecule has 2 aliphatic heterocycles. The molecule has 5 rings (SSSR count). The van der Waals surface area contributed by atoms with Crippen molar-refractivity contribution >= 4 is 17.4 Å². The molecule has 1 unspecified atom stereocenters. The van der Waals surface area contributed by atoms with E-state index in [0.29, 0.717) is 5.56 Å². The molecule has 0 saturated heterocycles. The number of para-hydroxylation sites is 1. The van der Waals surface area contributed by atoms with Gasteiger partial charge in [0.05, 0.1) is 24.4 Å². The predicted molar refractivity (Wildman–Crippen MR) is 100 cm³/mol. The summed E-state index contributed by atoms with van der Waals surface area (Å²) in [5.41, 5.74) is 4.51. The van der Waals surface area contributed by atoms with Crippen LogP contribution in [0, 0.1) is 0 Å². The van der Waals surface area contributed by atoms with Gasteiger partial charge in [-0.05, 0) is 29.8 Å². The molecule has 0 saturated carbocycles. The zero-order valence-electron chi connectivity index (χ0n) is 14.2. The number of nitrogens with zero attached hydrogens (tertiary/aromatic N) is 2. The number of hydrogen-bond acceptors (Lipinski definition) is 3. The van der Waals surface area contributed by atoms with Gasteiger partial charge in [0.25, 0.3) is 5.91 Å². The maximum atomic E-state index is 13.2. The van der Waals surface area contributed by atoms with Gasteiger partial charge in [-0.15, -0.1) is 0 Å². The van der Waals surface area contributed by atoms with Crippen molar-refractivity contribution < 1.29 is 9.53 Å². The molecule has 2 aliphatic rings. The van der Waals surface area contributed by atoms with Crippen molar-refractivity contribution in [2.45, 2.75) is 6.04 Å². The molecule has 4 heteroatoms. The number of methoxy groups -OCH3 is 1. The van der Waals surface area contributed by atoms with E-state index in [1.54, 1.807) is 7.11 Å². The first-order valence-corrected chi connectivity index (χ1v) is 8.52. The quantitative estimate of drug-likeness (QED) is 0.697. The monoisotopic (exact) mass is 340 g/mol. The predicted octanol–water partition coefficient (Wildman–Crippen LogP) is 4.33. The maximum Gasteiger partial charge on any atom is 0.261 e. The van der Waals surface area contributed by atoms with Gasteiger partial charge in [0.1, 0.15) is 11.6 Å². The molecule has 2 heterocycles. The van der Waals surface area contributed by atoms with E-state index in [1.165, 1.54) is 0 Å². The SMILES string of the molecule is COc1cccc(C2c3ccccc3N=C3c4ccccc4C(=O)N32)c1. The number of hydrogen-bond donors (Lipinski definition) is 0. The highest BCUT2D eigenvalue weighted by atomic mass is 16.5. The van der Waals surface area contributed by atoms with Crippen LogP contribution >= 0.6 is 0 Å². The molecule has 0 N–H and O–H groups in total. The highest BCUT2D eigenvalue weighted by Gasteiger charge is 2.42. The number of benzene rings is 3. The fourth-order valence-electron chi connectivity index (χ4n) is 3.79. The van der Waals surface area contributed by atoms with E-state index < -0.39 is 0 Å². The van der Waals surface area contributed by atoms with Gasteiger partial charge in [-0.1, -0.05) is 48.5 Å². The van der Waals surface area contributed by atoms with E-state index >= 15 is 0 Å². The highest BCUT2D eigenvalue weighted by molar-refractivity contribution is 6.24. The van der Waals surface area contributed by atoms with Gasteiger partial charge in [-0.25, -0.2) is 4.99 Å². The lowest BCUT2D eigenvalue weighted by atomic mass is 9.94. The fraction of sp³-hybridized carbons (Fsp3) is 0.0909. The number of rotatable bonds is 2. The van der Waals surface area contributed by atoms with E-state index in [9.17, 15) is 4.79 Å². The Morgan fingerprint density at radius 1 is 0.923 bits per heavy atom. The minimum atomic E-state index is -0.228. The number of fused-ring (bicyclic) bond motifs is 4. The summed E-state index contributed by atoms with van der Waals surface area (Å²) in [7, 11) is 1.65. The van der Waals surface area contributed by atoms with Crippen LogP contribution in [0.3, 0.4) is 0 Å². The second-order valence-electron chi connectivity index (χ2n) is 6.39. The molecule has 26 heavy (non-hydrogen) atoms. The summed E-state index contributed by atoms with van der Waals surface area (Å²) in [5, 5.41) is 0. The third-order valence-electron chi connectivity index (χ3n) is 4.97. The first-order chi connectivity index (χ1) is 12.8. The first kappa shape index (κ1) is 14.9. The molecular formula is C22H16N2O2. The topological polar surface area (TPSA) is 41.9 Å². The highest BCUT2D eigenvalue weighted by Crippen LogP contribution is 2.44. The van der Waals surface area contributed by atoms with Gasteiger partial charge >= 0.3 is 0 Å². The van der Waals surface area contributed by atoms with E-state index in [0.717, 1.165) is 34.0 Å². The van der Waals surface area contributed by atoms with Crippen molar-refractivity contribution in [2.24, 2.45) is 4.99 Å². The number of amidine groups is 1. The molecule has 0 fully saturated rings. The van der Waals surface area contributed by atoms with Gasteiger partial charge in [0.2, 0.25) is 0 Å². The molecule has 3 aromatic rings. The minimum absolute atomic E-state index is 0.0123. The first-order valence-electron chi connectivity index (χ1n) is 8.52. The maximum absolute atomic E-state index is 13.2. The van der Waals surface area contributed by atoms with Gasteiger partial charge in [-0.2, -0.15) is 0 Å². The molecule has 0 aliphatic carbocycles. The van der Waals surface area contributed by atoms with Gasteiger partial charge in [-0.3, -0.25) is 9.69 Å². The summed E-state index contributed by atoms with van der Waals surface area (Å²) < 4.78 is 5.40. The molecule has 0 spiro atoms. The molecule has 0 aromatic heterocycles. The van der Waals surface area contributed by atoms with Crippen molar-refractivity contribution in [2.75, 3.05) is 7.11 Å². The van der Waals surface area contributed by atoms with E-state index in [1.807, 2.05) is 77.7 Å². The molecule has 1 atom stereocenters. The van der Waals surface area contributed by atoms with Gasteiger partial charge in [0.15, 0.2) is 0 Å². The smallest absolute Gasteiger partial charge is 0.261 e. The molecule has 0 radical (unpaired) electrons. The van der Waals surface area contributed by atoms with Crippen LogP contribution in [0.15, 0.2) is 77.8 Å². The van der Waals surface area contributed by atoms with Crippen LogP contribution in [-0.2, 0) is 0 Å². The number of ether oxygens (including phenoxy) is 1. The van der Waals surface area contributed by atoms with Crippen LogP contribution in [0.1, 0.15) is 33.1 Å². The lowest BCUT2D eigenvalue weighted by molar-refractivity contribution is 0.0831. The Kier molecular flexibility index (Phi) is 3.19. The molecular weight excluding hydrogens is 324 g/mol. The molecule has 0 bridgehead atoms. The Morgan fingerprint density at radius 3 is 2.54 bits per heavy atom. The van der Waals surface area contributed by atoms with Crippen molar-refractivity contribution in [1.29, 1.82) is 0 Å². The zero-order chi connectivity index (χ0) is 17.7. The summed E-state index contributed by atoms with van der Waals surface area (Å²) >= 11 is 0. The van der Waals surface area contributed by atoms with Crippen LogP contribution < -0.4 is 4.74 Å². The van der Waals surface area contributed by atoms with Crippen LogP contribution in [0.4, 0.5) is 5.69 Å². The van der Waals surface area contributed by atoms with Crippen LogP contribution in [-0.4, -0.2) is 23.8 Å². The summed E-state index contributed by atoms with van der Waals surface area (Å²) in [6, 6.07) is 23.3.